The fraction of sp³-hybridized carbons (Fsp3) is 0.438. The molecule has 2 rings (SSSR count). The minimum Gasteiger partial charge on any atom is -0.342 e. The lowest BCUT2D eigenvalue weighted by atomic mass is 10.0. The molecule has 0 radical (unpaired) electrons. The first kappa shape index (κ1) is 13.8. The van der Waals surface area contributed by atoms with Crippen LogP contribution >= 0.6 is 0 Å². The van der Waals surface area contributed by atoms with Crippen molar-refractivity contribution in [2.75, 3.05) is 6.54 Å². The summed E-state index contributed by atoms with van der Waals surface area (Å²) in [7, 11) is 0. The Hall–Kier alpha value is -1.61. The van der Waals surface area contributed by atoms with Gasteiger partial charge in [0.2, 0.25) is 0 Å². The number of nitrogens with one attached hydrogen (secondary N) is 1. The van der Waals surface area contributed by atoms with E-state index in [9.17, 15) is 0 Å². The van der Waals surface area contributed by atoms with Gasteiger partial charge in [-0.2, -0.15) is 0 Å². The predicted octanol–water partition coefficient (Wildman–Crippen LogP) is 3.34. The molecule has 19 heavy (non-hydrogen) atoms. The van der Waals surface area contributed by atoms with Crippen LogP contribution < -0.4 is 5.73 Å². The molecule has 0 aliphatic rings. The highest BCUT2D eigenvalue weighted by Gasteiger charge is 2.09. The first-order valence-electron chi connectivity index (χ1n) is 6.94. The lowest BCUT2D eigenvalue weighted by Gasteiger charge is -2.06. The smallest absolute Gasteiger partial charge is 0.110 e. The monoisotopic (exact) mass is 257 g/mol. The molecule has 0 aliphatic heterocycles. The summed E-state index contributed by atoms with van der Waals surface area (Å²) < 4.78 is 0. The molecule has 3 N–H and O–H groups in total. The average Bonchev–Trinajstić information content (AvgIpc) is 2.87. The number of H-pyrrole nitrogens is 1. The van der Waals surface area contributed by atoms with Crippen molar-refractivity contribution in [1.29, 1.82) is 0 Å². The number of benzene rings is 1. The van der Waals surface area contributed by atoms with E-state index in [2.05, 4.69) is 55.0 Å². The minimum absolute atomic E-state index is 0.272. The van der Waals surface area contributed by atoms with Gasteiger partial charge in [0.05, 0.1) is 11.9 Å². The largest absolute Gasteiger partial charge is 0.342 e. The predicted molar refractivity (Wildman–Crippen MR) is 80.0 cm³/mol. The number of hydrogen-bond donors (Lipinski definition) is 2. The van der Waals surface area contributed by atoms with E-state index in [1.807, 2.05) is 6.20 Å². The minimum atomic E-state index is 0.272. The third-order valence-corrected chi connectivity index (χ3v) is 3.32. The summed E-state index contributed by atoms with van der Waals surface area (Å²) in [4.78, 5) is 7.75. The van der Waals surface area contributed by atoms with Gasteiger partial charge in [0.15, 0.2) is 0 Å². The van der Waals surface area contributed by atoms with Crippen LogP contribution in [0.3, 0.4) is 0 Å². The Morgan fingerprint density at radius 1 is 1.16 bits per heavy atom. The summed E-state index contributed by atoms with van der Waals surface area (Å²) in [6, 6.07) is 8.70. The van der Waals surface area contributed by atoms with E-state index in [0.29, 0.717) is 12.5 Å². The van der Waals surface area contributed by atoms with Crippen molar-refractivity contribution in [1.82, 2.24) is 9.97 Å². The van der Waals surface area contributed by atoms with Crippen molar-refractivity contribution in [3.63, 3.8) is 0 Å². The molecule has 1 heterocycles. The van der Waals surface area contributed by atoms with Gasteiger partial charge in [-0.05, 0) is 23.5 Å². The van der Waals surface area contributed by atoms with Crippen molar-refractivity contribution in [3.8, 4) is 11.3 Å². The molecule has 0 saturated heterocycles. The zero-order valence-corrected chi connectivity index (χ0v) is 12.0. The maximum absolute atomic E-state index is 5.66. The molecule has 0 aliphatic carbocycles. The van der Waals surface area contributed by atoms with E-state index in [0.717, 1.165) is 17.9 Å². The van der Waals surface area contributed by atoms with Gasteiger partial charge in [0, 0.05) is 12.5 Å². The lowest BCUT2D eigenvalue weighted by molar-refractivity contribution is 0.647. The van der Waals surface area contributed by atoms with Crippen molar-refractivity contribution in [2.45, 2.75) is 33.1 Å². The highest BCUT2D eigenvalue weighted by atomic mass is 14.9. The quantitative estimate of drug-likeness (QED) is 0.863. The second-order valence-electron chi connectivity index (χ2n) is 5.61. The van der Waals surface area contributed by atoms with Gasteiger partial charge in [-0.25, -0.2) is 4.98 Å². The van der Waals surface area contributed by atoms with Gasteiger partial charge in [-0.1, -0.05) is 45.0 Å². The Balaban J connectivity index is 2.15. The molecule has 3 heteroatoms. The number of aromatic amines is 1. The Labute approximate surface area is 115 Å². The molecule has 0 bridgehead atoms. The molecule has 0 saturated carbocycles. The van der Waals surface area contributed by atoms with E-state index < -0.39 is 0 Å². The van der Waals surface area contributed by atoms with Gasteiger partial charge < -0.3 is 10.7 Å². The first-order chi connectivity index (χ1) is 9.10. The lowest BCUT2D eigenvalue weighted by Crippen LogP contribution is -2.10. The maximum Gasteiger partial charge on any atom is 0.110 e. The summed E-state index contributed by atoms with van der Waals surface area (Å²) in [6.45, 7) is 7.17. The highest BCUT2D eigenvalue weighted by Crippen LogP contribution is 2.21. The fourth-order valence-corrected chi connectivity index (χ4v) is 2.14. The topological polar surface area (TPSA) is 54.7 Å². The molecular formula is C16H23N3. The van der Waals surface area contributed by atoms with E-state index in [-0.39, 0.29) is 5.92 Å². The maximum atomic E-state index is 5.66. The van der Waals surface area contributed by atoms with Crippen LogP contribution in [0.4, 0.5) is 0 Å². The van der Waals surface area contributed by atoms with Gasteiger partial charge in [-0.3, -0.25) is 0 Å². The zero-order valence-electron chi connectivity index (χ0n) is 12.0. The van der Waals surface area contributed by atoms with Crippen molar-refractivity contribution in [2.24, 2.45) is 11.7 Å². The fourth-order valence-electron chi connectivity index (χ4n) is 2.14. The number of hydrogen-bond acceptors (Lipinski definition) is 2. The van der Waals surface area contributed by atoms with Crippen LogP contribution in [-0.2, 0) is 6.42 Å². The normalized spacial score (nSPS) is 12.9. The molecule has 3 nitrogen and oxygen atoms in total. The molecule has 1 aromatic heterocycles. The van der Waals surface area contributed by atoms with E-state index >= 15 is 0 Å². The first-order valence-corrected chi connectivity index (χ1v) is 6.94. The molecular weight excluding hydrogens is 234 g/mol. The Kier molecular flexibility index (Phi) is 4.38. The summed E-state index contributed by atoms with van der Waals surface area (Å²) in [5.41, 5.74) is 9.28. The number of nitrogens with zero attached hydrogens (tertiary/aromatic N) is 1. The van der Waals surface area contributed by atoms with Gasteiger partial charge >= 0.3 is 0 Å². The molecule has 2 aromatic rings. The number of aromatic nitrogens is 2. The number of nitrogens with two attached hydrogens (primary N) is 1. The zero-order chi connectivity index (χ0) is 13.8. The summed E-state index contributed by atoms with van der Waals surface area (Å²) in [6.07, 6.45) is 3.01. The molecule has 0 fully saturated rings. The molecule has 1 unspecified atom stereocenters. The summed E-state index contributed by atoms with van der Waals surface area (Å²) in [5.74, 6) is 1.92. The Morgan fingerprint density at radius 2 is 1.84 bits per heavy atom. The van der Waals surface area contributed by atoms with Crippen LogP contribution in [-0.4, -0.2) is 16.5 Å². The molecule has 1 atom stereocenters. The standard InChI is InChI=1S/C16H23N3/c1-11(2)8-13-4-6-14(7-5-13)15-10-18-16(19-15)12(3)9-17/h4-7,10-12H,8-9,17H2,1-3H3,(H,18,19). The van der Waals surface area contributed by atoms with Crippen LogP contribution in [0.1, 0.15) is 38.1 Å². The Bertz CT molecular complexity index is 511. The third kappa shape index (κ3) is 3.44. The van der Waals surface area contributed by atoms with Crippen LogP contribution in [0.25, 0.3) is 11.3 Å². The molecule has 0 amide bonds. The van der Waals surface area contributed by atoms with Crippen LogP contribution in [0, 0.1) is 5.92 Å². The van der Waals surface area contributed by atoms with Crippen LogP contribution in [0.15, 0.2) is 30.5 Å². The second-order valence-corrected chi connectivity index (χ2v) is 5.61. The van der Waals surface area contributed by atoms with Crippen molar-refractivity contribution in [3.05, 3.63) is 41.9 Å². The van der Waals surface area contributed by atoms with Crippen molar-refractivity contribution >= 4 is 0 Å². The number of rotatable bonds is 5. The third-order valence-electron chi connectivity index (χ3n) is 3.32. The van der Waals surface area contributed by atoms with E-state index in [1.54, 1.807) is 0 Å². The van der Waals surface area contributed by atoms with Gasteiger partial charge in [0.1, 0.15) is 5.82 Å². The van der Waals surface area contributed by atoms with E-state index in [1.165, 1.54) is 11.1 Å². The summed E-state index contributed by atoms with van der Waals surface area (Å²) >= 11 is 0. The summed E-state index contributed by atoms with van der Waals surface area (Å²) in [5, 5.41) is 0. The number of imidazole rings is 1. The molecule has 102 valence electrons. The average molecular weight is 257 g/mol. The molecule has 0 spiro atoms. The SMILES string of the molecule is CC(C)Cc1ccc(-c2cnc(C(C)CN)[nH]2)cc1. The van der Waals surface area contributed by atoms with Crippen LogP contribution in [0.5, 0.6) is 0 Å². The highest BCUT2D eigenvalue weighted by molar-refractivity contribution is 5.58. The van der Waals surface area contributed by atoms with Gasteiger partial charge in [0.25, 0.3) is 0 Å². The van der Waals surface area contributed by atoms with Gasteiger partial charge in [-0.15, -0.1) is 0 Å². The second kappa shape index (κ2) is 6.02. The molecule has 1 aromatic carbocycles. The van der Waals surface area contributed by atoms with Crippen molar-refractivity contribution < 1.29 is 0 Å². The Morgan fingerprint density at radius 3 is 2.42 bits per heavy atom. The van der Waals surface area contributed by atoms with E-state index in [4.69, 9.17) is 5.73 Å². The van der Waals surface area contributed by atoms with Crippen LogP contribution in [0.2, 0.25) is 0 Å².